The Hall–Kier alpha value is -1.76. The molecule has 166 valence electrons. The first-order valence-electron chi connectivity index (χ1n) is 11.9. The molecule has 31 heavy (non-hydrogen) atoms. The summed E-state index contributed by atoms with van der Waals surface area (Å²) in [5, 5.41) is 13.5. The van der Waals surface area contributed by atoms with E-state index >= 15 is 0 Å². The molecule has 7 heteroatoms. The van der Waals surface area contributed by atoms with Crippen molar-refractivity contribution < 1.29 is 14.7 Å². The number of anilines is 1. The number of hydrogen-bond acceptors (Lipinski definition) is 5. The number of rotatable bonds is 6. The standard InChI is InChI=1S/C24H31N3O3S/c1-2-31-23-16(3-4-19(25-23)27-10-17-18(11-27)20(17)24(29)30)22(28)26-21-14-6-12-5-13(8-14)9-15(21)7-12/h3-4,12-15,17-18,20-21H,2,5-11H2,1H3,(H,26,28)(H,29,30)/t12?,13?,14?,15?,17-,18-,21?/m1/s1. The minimum atomic E-state index is -0.665. The van der Waals surface area contributed by atoms with Gasteiger partial charge < -0.3 is 15.3 Å². The molecule has 1 aromatic rings. The van der Waals surface area contributed by atoms with Crippen LogP contribution in [0.2, 0.25) is 0 Å². The van der Waals surface area contributed by atoms with Crippen LogP contribution in [0, 0.1) is 41.4 Å². The molecule has 6 aliphatic rings. The number of carboxylic acids is 1. The highest BCUT2D eigenvalue weighted by atomic mass is 32.2. The van der Waals surface area contributed by atoms with Gasteiger partial charge in [-0.2, -0.15) is 0 Å². The summed E-state index contributed by atoms with van der Waals surface area (Å²) in [6.45, 7) is 3.59. The molecule has 1 saturated heterocycles. The molecule has 6 nitrogen and oxygen atoms in total. The third kappa shape index (κ3) is 3.35. The fourth-order valence-electron chi connectivity index (χ4n) is 7.50. The van der Waals surface area contributed by atoms with E-state index in [-0.39, 0.29) is 23.7 Å². The molecule has 4 bridgehead atoms. The van der Waals surface area contributed by atoms with E-state index in [9.17, 15) is 14.7 Å². The summed E-state index contributed by atoms with van der Waals surface area (Å²) >= 11 is 1.62. The minimum absolute atomic E-state index is 0.0303. The van der Waals surface area contributed by atoms with Gasteiger partial charge >= 0.3 is 5.97 Å². The van der Waals surface area contributed by atoms with Crippen molar-refractivity contribution in [3.8, 4) is 0 Å². The predicted molar refractivity (Wildman–Crippen MR) is 119 cm³/mol. The molecular weight excluding hydrogens is 410 g/mol. The Balaban J connectivity index is 1.17. The van der Waals surface area contributed by atoms with E-state index in [0.717, 1.165) is 41.5 Å². The van der Waals surface area contributed by atoms with Crippen LogP contribution in [0.5, 0.6) is 0 Å². The van der Waals surface area contributed by atoms with Crippen LogP contribution < -0.4 is 10.2 Å². The number of carboxylic acid groups (broad SMARTS) is 1. The second-order valence-corrected chi connectivity index (χ2v) is 11.7. The lowest BCUT2D eigenvalue weighted by Gasteiger charge is -2.54. The second-order valence-electron chi connectivity index (χ2n) is 10.5. The van der Waals surface area contributed by atoms with Gasteiger partial charge in [-0.05, 0) is 85.5 Å². The van der Waals surface area contributed by atoms with Crippen LogP contribution in [0.25, 0.3) is 0 Å². The molecule has 1 amide bonds. The van der Waals surface area contributed by atoms with E-state index in [0.29, 0.717) is 23.4 Å². The van der Waals surface area contributed by atoms with Crippen molar-refractivity contribution in [2.45, 2.75) is 50.1 Å². The number of carbonyl (C=O) groups is 2. The van der Waals surface area contributed by atoms with Gasteiger partial charge in [-0.25, -0.2) is 4.98 Å². The molecule has 1 aliphatic heterocycles. The number of amides is 1. The number of aliphatic carboxylic acids is 1. The summed E-state index contributed by atoms with van der Waals surface area (Å²) in [4.78, 5) is 31.6. The van der Waals surface area contributed by atoms with Gasteiger partial charge in [-0.1, -0.05) is 6.92 Å². The van der Waals surface area contributed by atoms with E-state index in [2.05, 4.69) is 17.1 Å². The zero-order valence-corrected chi connectivity index (χ0v) is 18.8. The van der Waals surface area contributed by atoms with Crippen LogP contribution in [0.1, 0.15) is 49.4 Å². The van der Waals surface area contributed by atoms with Crippen molar-refractivity contribution in [3.05, 3.63) is 17.7 Å². The SMILES string of the molecule is CCSc1nc(N2C[C@H]3C(C(=O)O)[C@@H]3C2)ccc1C(=O)NC1C2CC3CC(C2)CC1C3. The van der Waals surface area contributed by atoms with Gasteiger partial charge in [-0.15, -0.1) is 11.8 Å². The van der Waals surface area contributed by atoms with Gasteiger partial charge in [0.15, 0.2) is 0 Å². The van der Waals surface area contributed by atoms with Gasteiger partial charge in [0.1, 0.15) is 10.8 Å². The van der Waals surface area contributed by atoms with E-state index < -0.39 is 5.97 Å². The molecule has 1 aromatic heterocycles. The van der Waals surface area contributed by atoms with E-state index in [1.165, 1.54) is 32.1 Å². The van der Waals surface area contributed by atoms with Gasteiger partial charge in [0.25, 0.3) is 5.91 Å². The summed E-state index contributed by atoms with van der Waals surface area (Å²) in [5.41, 5.74) is 0.692. The van der Waals surface area contributed by atoms with E-state index in [1.54, 1.807) is 11.8 Å². The summed E-state index contributed by atoms with van der Waals surface area (Å²) < 4.78 is 0. The lowest BCUT2D eigenvalue weighted by atomic mass is 9.54. The molecule has 2 N–H and O–H groups in total. The fraction of sp³-hybridized carbons (Fsp3) is 0.708. The third-order valence-corrected chi connectivity index (χ3v) is 9.57. The number of piperidine rings is 1. The van der Waals surface area contributed by atoms with Crippen LogP contribution in [0.4, 0.5) is 5.82 Å². The lowest BCUT2D eigenvalue weighted by Crippen LogP contribution is -2.55. The van der Waals surface area contributed by atoms with Gasteiger partial charge in [0.05, 0.1) is 11.5 Å². The number of hydrogen-bond donors (Lipinski definition) is 2. The van der Waals surface area contributed by atoms with Crippen LogP contribution in [0.3, 0.4) is 0 Å². The maximum absolute atomic E-state index is 13.3. The zero-order chi connectivity index (χ0) is 21.3. The first-order chi connectivity index (χ1) is 15.0. The smallest absolute Gasteiger partial charge is 0.307 e. The number of aromatic nitrogens is 1. The topological polar surface area (TPSA) is 82.5 Å². The van der Waals surface area contributed by atoms with Gasteiger partial charge in [-0.3, -0.25) is 9.59 Å². The highest BCUT2D eigenvalue weighted by molar-refractivity contribution is 7.99. The second kappa shape index (κ2) is 7.39. The van der Waals surface area contributed by atoms with Crippen LogP contribution >= 0.6 is 11.8 Å². The Morgan fingerprint density at radius 3 is 2.32 bits per heavy atom. The van der Waals surface area contributed by atoms with Crippen molar-refractivity contribution in [1.29, 1.82) is 0 Å². The maximum Gasteiger partial charge on any atom is 0.307 e. The highest BCUT2D eigenvalue weighted by Crippen LogP contribution is 2.54. The van der Waals surface area contributed by atoms with E-state index in [1.807, 2.05) is 12.1 Å². The van der Waals surface area contributed by atoms with Gasteiger partial charge in [0, 0.05) is 19.1 Å². The van der Waals surface area contributed by atoms with Crippen molar-refractivity contribution >= 4 is 29.5 Å². The zero-order valence-electron chi connectivity index (χ0n) is 18.0. The Morgan fingerprint density at radius 2 is 1.74 bits per heavy atom. The number of thioether (sulfide) groups is 1. The van der Waals surface area contributed by atoms with Crippen molar-refractivity contribution in [1.82, 2.24) is 10.3 Å². The largest absolute Gasteiger partial charge is 0.481 e. The van der Waals surface area contributed by atoms with Crippen molar-refractivity contribution in [3.63, 3.8) is 0 Å². The maximum atomic E-state index is 13.3. The average Bonchev–Trinajstić information content (AvgIpc) is 3.25. The average molecular weight is 442 g/mol. The Kier molecular flexibility index (Phi) is 4.74. The summed E-state index contributed by atoms with van der Waals surface area (Å²) in [6.07, 6.45) is 6.59. The molecule has 0 unspecified atom stereocenters. The molecule has 0 radical (unpaired) electrons. The fourth-order valence-corrected chi connectivity index (χ4v) is 8.24. The Bertz CT molecular complexity index is 881. The molecule has 2 heterocycles. The molecule has 0 aromatic carbocycles. The van der Waals surface area contributed by atoms with Crippen molar-refractivity contribution in [2.24, 2.45) is 41.4 Å². The van der Waals surface area contributed by atoms with Crippen LogP contribution in [0.15, 0.2) is 17.2 Å². The number of pyridine rings is 1. The number of fused-ring (bicyclic) bond motifs is 1. The molecular formula is C24H31N3O3S. The van der Waals surface area contributed by atoms with E-state index in [4.69, 9.17) is 4.98 Å². The van der Waals surface area contributed by atoms with Crippen molar-refractivity contribution in [2.75, 3.05) is 23.7 Å². The molecule has 6 fully saturated rings. The lowest BCUT2D eigenvalue weighted by molar-refractivity contribution is -0.139. The normalized spacial score (nSPS) is 39.5. The molecule has 2 atom stereocenters. The molecule has 5 saturated carbocycles. The third-order valence-electron chi connectivity index (χ3n) is 8.70. The number of nitrogens with one attached hydrogen (secondary N) is 1. The highest BCUT2D eigenvalue weighted by Gasteiger charge is 2.60. The van der Waals surface area contributed by atoms with Crippen LogP contribution in [-0.4, -0.2) is 46.9 Å². The predicted octanol–water partition coefficient (Wildman–Crippen LogP) is 3.51. The number of nitrogens with zero attached hydrogens (tertiary/aromatic N) is 2. The molecule has 0 spiro atoms. The molecule has 7 rings (SSSR count). The Morgan fingerprint density at radius 1 is 1.10 bits per heavy atom. The Labute approximate surface area is 187 Å². The monoisotopic (exact) mass is 441 g/mol. The van der Waals surface area contributed by atoms with Gasteiger partial charge in [0.2, 0.25) is 0 Å². The number of carbonyl (C=O) groups excluding carboxylic acids is 1. The summed E-state index contributed by atoms with van der Waals surface area (Å²) in [7, 11) is 0. The van der Waals surface area contributed by atoms with Crippen LogP contribution in [-0.2, 0) is 4.79 Å². The quantitative estimate of drug-likeness (QED) is 0.658. The summed E-state index contributed by atoms with van der Waals surface area (Å²) in [6, 6.07) is 4.22. The summed E-state index contributed by atoms with van der Waals surface area (Å²) in [5.74, 6) is 4.55. The minimum Gasteiger partial charge on any atom is -0.481 e. The first-order valence-corrected chi connectivity index (χ1v) is 12.9. The molecule has 5 aliphatic carbocycles. The first kappa shape index (κ1) is 19.9.